The second-order valence-electron chi connectivity index (χ2n) is 5.29. The molecular formula is C15H26N2O. The van der Waals surface area contributed by atoms with Gasteiger partial charge < -0.3 is 14.9 Å². The first-order valence-corrected chi connectivity index (χ1v) is 6.57. The van der Waals surface area contributed by atoms with E-state index in [1.165, 1.54) is 0 Å². The number of hydrogen-bond donors (Lipinski definition) is 1. The van der Waals surface area contributed by atoms with E-state index in [9.17, 15) is 5.11 Å². The molecule has 0 saturated heterocycles. The number of aryl methyl sites for hydroxylation is 1. The van der Waals surface area contributed by atoms with Crippen molar-refractivity contribution < 1.29 is 5.11 Å². The van der Waals surface area contributed by atoms with Crippen LogP contribution in [0.2, 0.25) is 0 Å². The Kier molecular flexibility index (Phi) is 6.33. The van der Waals surface area contributed by atoms with Crippen LogP contribution in [-0.4, -0.2) is 55.7 Å². The SMILES string of the molecule is Cc1ccccc1C(O)CN(C)CCCN(C)C. The number of benzene rings is 1. The molecular weight excluding hydrogens is 224 g/mol. The molecule has 3 nitrogen and oxygen atoms in total. The van der Waals surface area contributed by atoms with E-state index in [0.29, 0.717) is 6.54 Å². The van der Waals surface area contributed by atoms with Gasteiger partial charge in [-0.05, 0) is 58.7 Å². The standard InChI is InChI=1S/C15H26N2O/c1-13-8-5-6-9-14(13)15(18)12-17(4)11-7-10-16(2)3/h5-6,8-9,15,18H,7,10-12H2,1-4H3. The van der Waals surface area contributed by atoms with Crippen LogP contribution in [0.4, 0.5) is 0 Å². The fourth-order valence-electron chi connectivity index (χ4n) is 2.10. The van der Waals surface area contributed by atoms with Gasteiger partial charge in [0.2, 0.25) is 0 Å². The maximum absolute atomic E-state index is 10.2. The summed E-state index contributed by atoms with van der Waals surface area (Å²) in [7, 11) is 6.24. The van der Waals surface area contributed by atoms with Crippen molar-refractivity contribution in [2.45, 2.75) is 19.4 Å². The Bertz CT molecular complexity index is 352. The molecule has 18 heavy (non-hydrogen) atoms. The fraction of sp³-hybridized carbons (Fsp3) is 0.600. The summed E-state index contributed by atoms with van der Waals surface area (Å²) in [5, 5.41) is 10.2. The molecule has 0 saturated carbocycles. The molecule has 1 aromatic rings. The predicted octanol–water partition coefficient (Wildman–Crippen LogP) is 1.91. The van der Waals surface area contributed by atoms with Crippen molar-refractivity contribution >= 4 is 0 Å². The highest BCUT2D eigenvalue weighted by Gasteiger charge is 2.12. The van der Waals surface area contributed by atoms with Crippen LogP contribution < -0.4 is 0 Å². The number of aliphatic hydroxyl groups excluding tert-OH is 1. The minimum atomic E-state index is -0.393. The number of aliphatic hydroxyl groups is 1. The summed E-state index contributed by atoms with van der Waals surface area (Å²) in [5.41, 5.74) is 2.20. The highest BCUT2D eigenvalue weighted by atomic mass is 16.3. The number of rotatable bonds is 7. The zero-order valence-electron chi connectivity index (χ0n) is 12.1. The smallest absolute Gasteiger partial charge is 0.0919 e. The Morgan fingerprint density at radius 2 is 1.78 bits per heavy atom. The van der Waals surface area contributed by atoms with Crippen LogP contribution in [0.1, 0.15) is 23.7 Å². The van der Waals surface area contributed by atoms with E-state index < -0.39 is 6.10 Å². The second-order valence-corrected chi connectivity index (χ2v) is 5.29. The average molecular weight is 250 g/mol. The first-order chi connectivity index (χ1) is 8.50. The highest BCUT2D eigenvalue weighted by Crippen LogP contribution is 2.17. The van der Waals surface area contributed by atoms with Crippen molar-refractivity contribution in [1.82, 2.24) is 9.80 Å². The molecule has 0 bridgehead atoms. The molecule has 3 heteroatoms. The van der Waals surface area contributed by atoms with Crippen molar-refractivity contribution in [3.63, 3.8) is 0 Å². The van der Waals surface area contributed by atoms with Crippen LogP contribution in [0.25, 0.3) is 0 Å². The van der Waals surface area contributed by atoms with Crippen molar-refractivity contribution in [2.75, 3.05) is 40.8 Å². The minimum Gasteiger partial charge on any atom is -0.387 e. The number of hydrogen-bond acceptors (Lipinski definition) is 3. The molecule has 0 aliphatic carbocycles. The molecule has 102 valence electrons. The zero-order valence-corrected chi connectivity index (χ0v) is 12.1. The summed E-state index contributed by atoms with van der Waals surface area (Å²) in [4.78, 5) is 4.38. The Morgan fingerprint density at radius 3 is 2.39 bits per heavy atom. The summed E-state index contributed by atoms with van der Waals surface area (Å²) in [6.07, 6.45) is 0.736. The lowest BCUT2D eigenvalue weighted by molar-refractivity contribution is 0.124. The summed E-state index contributed by atoms with van der Waals surface area (Å²) >= 11 is 0. The fourth-order valence-corrected chi connectivity index (χ4v) is 2.10. The third-order valence-electron chi connectivity index (χ3n) is 3.18. The normalized spacial score (nSPS) is 13.3. The van der Waals surface area contributed by atoms with E-state index in [1.54, 1.807) is 0 Å². The Labute approximate surface area is 111 Å². The van der Waals surface area contributed by atoms with Gasteiger partial charge in [0.15, 0.2) is 0 Å². The average Bonchev–Trinajstić information content (AvgIpc) is 2.28. The molecule has 0 aliphatic heterocycles. The second kappa shape index (κ2) is 7.52. The number of likely N-dealkylation sites (N-methyl/N-ethyl adjacent to an activating group) is 1. The molecule has 0 heterocycles. The van der Waals surface area contributed by atoms with Gasteiger partial charge in [0, 0.05) is 6.54 Å². The first kappa shape index (κ1) is 15.2. The topological polar surface area (TPSA) is 26.7 Å². The molecule has 1 N–H and O–H groups in total. The summed E-state index contributed by atoms with van der Waals surface area (Å²) in [6, 6.07) is 8.04. The Hall–Kier alpha value is -0.900. The summed E-state index contributed by atoms with van der Waals surface area (Å²) in [5.74, 6) is 0. The molecule has 0 aromatic heterocycles. The lowest BCUT2D eigenvalue weighted by atomic mass is 10.0. The van der Waals surface area contributed by atoms with Crippen molar-refractivity contribution in [1.29, 1.82) is 0 Å². The van der Waals surface area contributed by atoms with E-state index in [4.69, 9.17) is 0 Å². The molecule has 0 spiro atoms. The summed E-state index contributed by atoms with van der Waals surface area (Å²) < 4.78 is 0. The van der Waals surface area contributed by atoms with Gasteiger partial charge in [-0.3, -0.25) is 0 Å². The summed E-state index contributed by atoms with van der Waals surface area (Å²) in [6.45, 7) is 4.84. The van der Waals surface area contributed by atoms with Gasteiger partial charge >= 0.3 is 0 Å². The largest absolute Gasteiger partial charge is 0.387 e. The molecule has 1 unspecified atom stereocenters. The van der Waals surface area contributed by atoms with Crippen LogP contribution in [-0.2, 0) is 0 Å². The Morgan fingerprint density at radius 1 is 1.11 bits per heavy atom. The van der Waals surface area contributed by atoms with E-state index in [2.05, 4.69) is 30.9 Å². The third-order valence-corrected chi connectivity index (χ3v) is 3.18. The lowest BCUT2D eigenvalue weighted by Gasteiger charge is -2.22. The van der Waals surface area contributed by atoms with Gasteiger partial charge in [-0.1, -0.05) is 24.3 Å². The van der Waals surface area contributed by atoms with E-state index in [0.717, 1.165) is 30.6 Å². The van der Waals surface area contributed by atoms with Crippen molar-refractivity contribution in [3.8, 4) is 0 Å². The molecule has 0 radical (unpaired) electrons. The van der Waals surface area contributed by atoms with Crippen molar-refractivity contribution in [2.24, 2.45) is 0 Å². The van der Waals surface area contributed by atoms with Crippen LogP contribution >= 0.6 is 0 Å². The van der Waals surface area contributed by atoms with Gasteiger partial charge in [0.25, 0.3) is 0 Å². The molecule has 1 atom stereocenters. The molecule has 0 aliphatic rings. The maximum Gasteiger partial charge on any atom is 0.0919 e. The van der Waals surface area contributed by atoms with Crippen LogP contribution in [0, 0.1) is 6.92 Å². The minimum absolute atomic E-state index is 0.393. The van der Waals surface area contributed by atoms with Gasteiger partial charge in [-0.25, -0.2) is 0 Å². The molecule has 0 amide bonds. The Balaban J connectivity index is 2.40. The number of nitrogens with zero attached hydrogens (tertiary/aromatic N) is 2. The van der Waals surface area contributed by atoms with Gasteiger partial charge in [0.1, 0.15) is 0 Å². The zero-order chi connectivity index (χ0) is 13.5. The monoisotopic (exact) mass is 250 g/mol. The molecule has 0 fully saturated rings. The molecule has 1 rings (SSSR count). The van der Waals surface area contributed by atoms with Crippen molar-refractivity contribution in [3.05, 3.63) is 35.4 Å². The van der Waals surface area contributed by atoms with E-state index >= 15 is 0 Å². The predicted molar refractivity (Wildman–Crippen MR) is 76.8 cm³/mol. The van der Waals surface area contributed by atoms with E-state index in [1.807, 2.05) is 31.2 Å². The van der Waals surface area contributed by atoms with Crippen LogP contribution in [0.3, 0.4) is 0 Å². The first-order valence-electron chi connectivity index (χ1n) is 6.57. The lowest BCUT2D eigenvalue weighted by Crippen LogP contribution is -2.28. The van der Waals surface area contributed by atoms with Gasteiger partial charge in [0.05, 0.1) is 6.10 Å². The molecule has 1 aromatic carbocycles. The van der Waals surface area contributed by atoms with Gasteiger partial charge in [-0.15, -0.1) is 0 Å². The van der Waals surface area contributed by atoms with Crippen LogP contribution in [0.15, 0.2) is 24.3 Å². The van der Waals surface area contributed by atoms with Crippen LogP contribution in [0.5, 0.6) is 0 Å². The quantitative estimate of drug-likeness (QED) is 0.801. The maximum atomic E-state index is 10.2. The highest BCUT2D eigenvalue weighted by molar-refractivity contribution is 5.27. The van der Waals surface area contributed by atoms with E-state index in [-0.39, 0.29) is 0 Å². The van der Waals surface area contributed by atoms with Gasteiger partial charge in [-0.2, -0.15) is 0 Å². The third kappa shape index (κ3) is 5.17.